The van der Waals surface area contributed by atoms with Gasteiger partial charge >= 0.3 is 0 Å². The van der Waals surface area contributed by atoms with Crippen LogP contribution in [0.25, 0.3) is 0 Å². The lowest BCUT2D eigenvalue weighted by atomic mass is 10.0. The number of rotatable bonds is 8. The molecule has 1 heterocycles. The molecular weight excluding hydrogens is 491 g/mol. The van der Waals surface area contributed by atoms with Crippen molar-refractivity contribution in [2.24, 2.45) is 10.9 Å². The number of benzene rings is 1. The summed E-state index contributed by atoms with van der Waals surface area (Å²) in [5.41, 5.74) is 1.83. The van der Waals surface area contributed by atoms with E-state index in [4.69, 9.17) is 0 Å². The molecule has 0 radical (unpaired) electrons. The third-order valence-corrected chi connectivity index (χ3v) is 5.60. The summed E-state index contributed by atoms with van der Waals surface area (Å²) in [6.07, 6.45) is 0.831. The lowest BCUT2D eigenvalue weighted by molar-refractivity contribution is 0.0900. The van der Waals surface area contributed by atoms with Crippen molar-refractivity contribution in [1.29, 1.82) is 0 Å². The Kier molecular flexibility index (Phi) is 12.3. The van der Waals surface area contributed by atoms with Crippen molar-refractivity contribution in [3.8, 4) is 0 Å². The van der Waals surface area contributed by atoms with E-state index in [0.717, 1.165) is 57.2 Å². The molecule has 8 heteroatoms. The van der Waals surface area contributed by atoms with Crippen LogP contribution >= 0.6 is 24.0 Å². The van der Waals surface area contributed by atoms with Gasteiger partial charge in [-0.2, -0.15) is 0 Å². The highest BCUT2D eigenvalue weighted by atomic mass is 127. The van der Waals surface area contributed by atoms with E-state index < -0.39 is 0 Å². The van der Waals surface area contributed by atoms with Crippen LogP contribution in [0.3, 0.4) is 0 Å². The molecule has 1 aromatic rings. The van der Waals surface area contributed by atoms with Crippen molar-refractivity contribution in [2.75, 3.05) is 60.4 Å². The maximum absolute atomic E-state index is 11.8. The number of carbonyl (C=O) groups is 1. The molecule has 7 nitrogen and oxygen atoms in total. The maximum Gasteiger partial charge on any atom is 0.251 e. The predicted octanol–water partition coefficient (Wildman–Crippen LogP) is 1.64. The van der Waals surface area contributed by atoms with Crippen LogP contribution in [0, 0.1) is 5.92 Å². The number of amides is 1. The molecular formula is C22H39IN6O. The summed E-state index contributed by atoms with van der Waals surface area (Å²) in [4.78, 5) is 21.1. The molecule has 1 fully saturated rings. The summed E-state index contributed by atoms with van der Waals surface area (Å²) in [5, 5.41) is 9.57. The van der Waals surface area contributed by atoms with Gasteiger partial charge in [0.2, 0.25) is 0 Å². The van der Waals surface area contributed by atoms with Gasteiger partial charge in [0.05, 0.1) is 0 Å². The molecule has 30 heavy (non-hydrogen) atoms. The Morgan fingerprint density at radius 1 is 1.17 bits per heavy atom. The van der Waals surface area contributed by atoms with Gasteiger partial charge in [-0.3, -0.25) is 14.7 Å². The minimum absolute atomic E-state index is 0. The van der Waals surface area contributed by atoms with Crippen LogP contribution in [-0.2, 0) is 6.42 Å². The van der Waals surface area contributed by atoms with E-state index in [1.54, 1.807) is 7.05 Å². The Labute approximate surface area is 199 Å². The molecule has 1 aliphatic rings. The van der Waals surface area contributed by atoms with Gasteiger partial charge in [-0.15, -0.1) is 24.0 Å². The number of aliphatic imine (C=N–C) groups is 1. The van der Waals surface area contributed by atoms with Gasteiger partial charge in [-0.1, -0.05) is 26.0 Å². The number of likely N-dealkylation sites (N-methyl/N-ethyl adjacent to an activating group) is 1. The smallest absolute Gasteiger partial charge is 0.251 e. The Morgan fingerprint density at radius 2 is 1.87 bits per heavy atom. The van der Waals surface area contributed by atoms with Gasteiger partial charge in [0.15, 0.2) is 5.96 Å². The number of nitrogens with one attached hydrogen (secondary N) is 3. The molecule has 0 aromatic heterocycles. The fourth-order valence-corrected chi connectivity index (χ4v) is 3.70. The van der Waals surface area contributed by atoms with Crippen LogP contribution in [0.1, 0.15) is 29.8 Å². The van der Waals surface area contributed by atoms with E-state index >= 15 is 0 Å². The highest BCUT2D eigenvalue weighted by Crippen LogP contribution is 2.13. The third kappa shape index (κ3) is 8.39. The molecule has 1 amide bonds. The first-order valence-corrected chi connectivity index (χ1v) is 10.6. The van der Waals surface area contributed by atoms with Crippen molar-refractivity contribution in [2.45, 2.75) is 26.3 Å². The summed E-state index contributed by atoms with van der Waals surface area (Å²) in [6, 6.07) is 8.24. The Morgan fingerprint density at radius 3 is 2.47 bits per heavy atom. The van der Waals surface area contributed by atoms with Gasteiger partial charge in [0, 0.05) is 65.0 Å². The van der Waals surface area contributed by atoms with Gasteiger partial charge in [-0.25, -0.2) is 0 Å². The van der Waals surface area contributed by atoms with E-state index in [2.05, 4.69) is 51.6 Å². The molecule has 1 atom stereocenters. The molecule has 2 rings (SSSR count). The third-order valence-electron chi connectivity index (χ3n) is 5.60. The summed E-state index contributed by atoms with van der Waals surface area (Å²) >= 11 is 0. The zero-order valence-electron chi connectivity index (χ0n) is 19.1. The van der Waals surface area contributed by atoms with Crippen LogP contribution in [0.5, 0.6) is 0 Å². The second-order valence-electron chi connectivity index (χ2n) is 8.06. The van der Waals surface area contributed by atoms with E-state index in [1.807, 2.05) is 31.3 Å². The summed E-state index contributed by atoms with van der Waals surface area (Å²) < 4.78 is 0. The first kappa shape index (κ1) is 26.6. The van der Waals surface area contributed by atoms with Crippen LogP contribution in [0.4, 0.5) is 0 Å². The predicted molar refractivity (Wildman–Crippen MR) is 136 cm³/mol. The number of nitrogens with zero attached hydrogens (tertiary/aromatic N) is 3. The standard InChI is InChI=1S/C22H38N6O.HI/c1-17(2)20(28-13-11-27(5)12-14-28)16-26-22(24-4)25-10-9-18-7-6-8-19(15-18)21(29)23-3;/h6-8,15,17,20H,9-14,16H2,1-5H3,(H,23,29)(H2,24,25,26);1H. The van der Waals surface area contributed by atoms with E-state index in [0.29, 0.717) is 17.5 Å². The van der Waals surface area contributed by atoms with Gasteiger partial charge < -0.3 is 20.9 Å². The monoisotopic (exact) mass is 530 g/mol. The largest absolute Gasteiger partial charge is 0.356 e. The van der Waals surface area contributed by atoms with Crippen molar-refractivity contribution in [3.05, 3.63) is 35.4 Å². The van der Waals surface area contributed by atoms with E-state index in [9.17, 15) is 4.79 Å². The van der Waals surface area contributed by atoms with Crippen molar-refractivity contribution in [1.82, 2.24) is 25.8 Å². The fraction of sp³-hybridized carbons (Fsp3) is 0.636. The van der Waals surface area contributed by atoms with Crippen molar-refractivity contribution in [3.63, 3.8) is 0 Å². The van der Waals surface area contributed by atoms with Gasteiger partial charge in [-0.05, 0) is 37.1 Å². The summed E-state index contributed by atoms with van der Waals surface area (Å²) in [6.45, 7) is 10.7. The van der Waals surface area contributed by atoms with Gasteiger partial charge in [0.25, 0.3) is 5.91 Å². The molecule has 0 saturated carbocycles. The number of piperazine rings is 1. The van der Waals surface area contributed by atoms with E-state index in [-0.39, 0.29) is 29.9 Å². The summed E-state index contributed by atoms with van der Waals surface area (Å²) in [5.74, 6) is 1.35. The molecule has 1 aromatic carbocycles. The number of halogens is 1. The highest BCUT2D eigenvalue weighted by molar-refractivity contribution is 14.0. The number of hydrogen-bond acceptors (Lipinski definition) is 4. The molecule has 1 unspecified atom stereocenters. The lowest BCUT2D eigenvalue weighted by Gasteiger charge is -2.40. The lowest BCUT2D eigenvalue weighted by Crippen LogP contribution is -2.55. The Bertz CT molecular complexity index is 673. The number of guanidine groups is 1. The second kappa shape index (κ2) is 13.8. The topological polar surface area (TPSA) is 72.0 Å². The molecule has 3 N–H and O–H groups in total. The van der Waals surface area contributed by atoms with Crippen LogP contribution in [0.15, 0.2) is 29.3 Å². The first-order chi connectivity index (χ1) is 13.9. The van der Waals surface area contributed by atoms with Gasteiger partial charge in [0.1, 0.15) is 0 Å². The van der Waals surface area contributed by atoms with Crippen LogP contribution in [0.2, 0.25) is 0 Å². The van der Waals surface area contributed by atoms with Crippen molar-refractivity contribution >= 4 is 35.8 Å². The highest BCUT2D eigenvalue weighted by Gasteiger charge is 2.25. The molecule has 1 saturated heterocycles. The minimum atomic E-state index is -0.0547. The zero-order valence-corrected chi connectivity index (χ0v) is 21.4. The van der Waals surface area contributed by atoms with Crippen LogP contribution in [-0.4, -0.2) is 88.1 Å². The van der Waals surface area contributed by atoms with Crippen molar-refractivity contribution < 1.29 is 4.79 Å². The number of hydrogen-bond donors (Lipinski definition) is 3. The van der Waals surface area contributed by atoms with E-state index in [1.165, 1.54) is 0 Å². The maximum atomic E-state index is 11.8. The average Bonchev–Trinajstić information content (AvgIpc) is 2.73. The molecule has 1 aliphatic heterocycles. The molecule has 0 spiro atoms. The minimum Gasteiger partial charge on any atom is -0.356 e. The number of carbonyl (C=O) groups excluding carboxylic acids is 1. The first-order valence-electron chi connectivity index (χ1n) is 10.6. The Balaban J connectivity index is 0.00000450. The second-order valence-corrected chi connectivity index (χ2v) is 8.06. The quantitative estimate of drug-likeness (QED) is 0.271. The normalized spacial score (nSPS) is 16.7. The fourth-order valence-electron chi connectivity index (χ4n) is 3.70. The summed E-state index contributed by atoms with van der Waals surface area (Å²) in [7, 11) is 5.65. The molecule has 0 aliphatic carbocycles. The zero-order chi connectivity index (χ0) is 21.2. The van der Waals surface area contributed by atoms with Crippen LogP contribution < -0.4 is 16.0 Å². The molecule has 0 bridgehead atoms. The Hall–Kier alpha value is -1.39. The average molecular weight is 530 g/mol. The SMILES string of the molecule is CN=C(NCCc1cccc(C(=O)NC)c1)NCC(C(C)C)N1CCN(C)CC1.I. The molecule has 170 valence electrons.